The summed E-state index contributed by atoms with van der Waals surface area (Å²) in [6, 6.07) is 23.8. The fourth-order valence-electron chi connectivity index (χ4n) is 3.74. The Morgan fingerprint density at radius 1 is 0.935 bits per heavy atom. The van der Waals surface area contributed by atoms with Gasteiger partial charge < -0.3 is 20.1 Å². The van der Waals surface area contributed by atoms with Crippen molar-refractivity contribution in [3.05, 3.63) is 83.9 Å². The molecule has 0 bridgehead atoms. The molecule has 1 aliphatic rings. The topological polar surface area (TPSA) is 60.1 Å². The van der Waals surface area contributed by atoms with Crippen molar-refractivity contribution < 1.29 is 9.47 Å². The first-order valence-electron chi connectivity index (χ1n) is 10.8. The number of nitrogens with zero attached hydrogens (tertiary/aromatic N) is 2. The van der Waals surface area contributed by atoms with E-state index in [2.05, 4.69) is 28.9 Å². The molecule has 3 aromatic rings. The number of aliphatic imine (C=N–C) groups is 1. The minimum absolute atomic E-state index is 0.364. The van der Waals surface area contributed by atoms with Gasteiger partial charge in [0.1, 0.15) is 12.4 Å². The first-order valence-corrected chi connectivity index (χ1v) is 10.8. The average molecular weight is 416 g/mol. The van der Waals surface area contributed by atoms with Crippen LogP contribution in [0.25, 0.3) is 0 Å². The molecule has 0 fully saturated rings. The molecular weight excluding hydrogens is 386 g/mol. The summed E-state index contributed by atoms with van der Waals surface area (Å²) in [5.41, 5.74) is 8.78. The van der Waals surface area contributed by atoms with E-state index in [-0.39, 0.29) is 0 Å². The second-order valence-corrected chi connectivity index (χ2v) is 7.74. The Kier molecular flexibility index (Phi) is 6.72. The zero-order valence-electron chi connectivity index (χ0n) is 17.9. The van der Waals surface area contributed by atoms with Crippen molar-refractivity contribution >= 4 is 12.0 Å². The monoisotopic (exact) mass is 415 g/mol. The van der Waals surface area contributed by atoms with Gasteiger partial charge in [-0.1, -0.05) is 49.4 Å². The number of ether oxygens (including phenoxy) is 2. The van der Waals surface area contributed by atoms with Gasteiger partial charge in [-0.2, -0.15) is 0 Å². The minimum atomic E-state index is 0.364. The fraction of sp³-hybridized carbons (Fsp3) is 0.269. The first kappa shape index (κ1) is 20.8. The van der Waals surface area contributed by atoms with E-state index in [1.165, 1.54) is 5.56 Å². The van der Waals surface area contributed by atoms with Crippen molar-refractivity contribution in [1.82, 2.24) is 4.90 Å². The maximum absolute atomic E-state index is 6.40. The second kappa shape index (κ2) is 10.0. The molecule has 5 nitrogen and oxygen atoms in total. The highest BCUT2D eigenvalue weighted by Crippen LogP contribution is 2.37. The molecule has 1 aliphatic heterocycles. The fourth-order valence-corrected chi connectivity index (χ4v) is 3.74. The molecule has 5 heteroatoms. The Labute approximate surface area is 184 Å². The van der Waals surface area contributed by atoms with Gasteiger partial charge in [0.05, 0.1) is 12.9 Å². The number of rotatable bonds is 9. The first-order chi connectivity index (χ1) is 15.2. The largest absolute Gasteiger partial charge is 0.485 e. The number of anilines is 1. The molecule has 31 heavy (non-hydrogen) atoms. The molecule has 0 aromatic heterocycles. The molecule has 0 saturated carbocycles. The summed E-state index contributed by atoms with van der Waals surface area (Å²) in [6.07, 6.45) is 2.99. The Morgan fingerprint density at radius 2 is 1.65 bits per heavy atom. The Morgan fingerprint density at radius 3 is 2.35 bits per heavy atom. The van der Waals surface area contributed by atoms with Crippen molar-refractivity contribution in [2.45, 2.75) is 25.9 Å². The summed E-state index contributed by atoms with van der Waals surface area (Å²) >= 11 is 0. The van der Waals surface area contributed by atoms with Crippen molar-refractivity contribution in [1.29, 1.82) is 0 Å². The SMILES string of the molecule is CCC(CN1C=NCC1)c1ccccc1Oc1ccccc1OCc1ccc(N)cc1. The van der Waals surface area contributed by atoms with Crippen molar-refractivity contribution in [3.8, 4) is 17.2 Å². The molecule has 160 valence electrons. The number of hydrogen-bond acceptors (Lipinski definition) is 5. The van der Waals surface area contributed by atoms with Gasteiger partial charge in [0.2, 0.25) is 0 Å². The molecule has 2 N–H and O–H groups in total. The normalized spacial score (nSPS) is 13.9. The number of nitrogen functional groups attached to an aromatic ring is 1. The predicted molar refractivity (Wildman–Crippen MR) is 126 cm³/mol. The van der Waals surface area contributed by atoms with Crippen molar-refractivity contribution in [2.75, 3.05) is 25.4 Å². The van der Waals surface area contributed by atoms with E-state index in [4.69, 9.17) is 15.2 Å². The third-order valence-electron chi connectivity index (χ3n) is 5.51. The van der Waals surface area contributed by atoms with E-state index in [1.807, 2.05) is 67.0 Å². The predicted octanol–water partition coefficient (Wildman–Crippen LogP) is 5.48. The summed E-state index contributed by atoms with van der Waals surface area (Å²) in [7, 11) is 0. The third kappa shape index (κ3) is 5.37. The summed E-state index contributed by atoms with van der Waals surface area (Å²) in [5, 5.41) is 0. The number of benzene rings is 3. The second-order valence-electron chi connectivity index (χ2n) is 7.74. The highest BCUT2D eigenvalue weighted by atomic mass is 16.5. The molecule has 0 saturated heterocycles. The maximum atomic E-state index is 6.40. The van der Waals surface area contributed by atoms with Gasteiger partial charge in [-0.05, 0) is 47.9 Å². The minimum Gasteiger partial charge on any atom is -0.485 e. The zero-order chi connectivity index (χ0) is 21.5. The Hall–Kier alpha value is -3.47. The van der Waals surface area contributed by atoms with E-state index in [0.29, 0.717) is 24.0 Å². The molecule has 0 spiro atoms. The van der Waals surface area contributed by atoms with Gasteiger partial charge in [0.15, 0.2) is 11.5 Å². The lowest BCUT2D eigenvalue weighted by Crippen LogP contribution is -2.25. The van der Waals surface area contributed by atoms with Crippen LogP contribution in [0.5, 0.6) is 17.2 Å². The van der Waals surface area contributed by atoms with Crippen LogP contribution in [0.3, 0.4) is 0 Å². The third-order valence-corrected chi connectivity index (χ3v) is 5.51. The molecule has 0 amide bonds. The van der Waals surface area contributed by atoms with Crippen LogP contribution >= 0.6 is 0 Å². The van der Waals surface area contributed by atoms with Gasteiger partial charge in [-0.25, -0.2) is 0 Å². The zero-order valence-corrected chi connectivity index (χ0v) is 17.9. The van der Waals surface area contributed by atoms with Crippen LogP contribution < -0.4 is 15.2 Å². The van der Waals surface area contributed by atoms with E-state index >= 15 is 0 Å². The van der Waals surface area contributed by atoms with Crippen LogP contribution in [0.15, 0.2) is 77.8 Å². The summed E-state index contributed by atoms with van der Waals surface area (Å²) in [4.78, 5) is 6.63. The van der Waals surface area contributed by atoms with Crippen LogP contribution in [-0.4, -0.2) is 30.9 Å². The molecular formula is C26H29N3O2. The number of hydrogen-bond donors (Lipinski definition) is 1. The molecule has 1 atom stereocenters. The molecule has 1 heterocycles. The lowest BCUT2D eigenvalue weighted by molar-refractivity contribution is 0.291. The van der Waals surface area contributed by atoms with Crippen LogP contribution in [0.1, 0.15) is 30.4 Å². The highest BCUT2D eigenvalue weighted by molar-refractivity contribution is 5.57. The van der Waals surface area contributed by atoms with E-state index in [9.17, 15) is 0 Å². The molecule has 3 aromatic carbocycles. The molecule has 1 unspecified atom stereocenters. The molecule has 0 radical (unpaired) electrons. The smallest absolute Gasteiger partial charge is 0.169 e. The molecule has 0 aliphatic carbocycles. The number of nitrogens with two attached hydrogens (primary N) is 1. The maximum Gasteiger partial charge on any atom is 0.169 e. The summed E-state index contributed by atoms with van der Waals surface area (Å²) in [5.74, 6) is 2.66. The summed E-state index contributed by atoms with van der Waals surface area (Å²) in [6.45, 7) is 5.48. The highest BCUT2D eigenvalue weighted by Gasteiger charge is 2.19. The van der Waals surface area contributed by atoms with Gasteiger partial charge in [0.25, 0.3) is 0 Å². The van der Waals surface area contributed by atoms with Crippen LogP contribution in [0.2, 0.25) is 0 Å². The van der Waals surface area contributed by atoms with E-state index in [0.717, 1.165) is 43.1 Å². The quantitative estimate of drug-likeness (QED) is 0.470. The number of para-hydroxylation sites is 3. The van der Waals surface area contributed by atoms with Gasteiger partial charge >= 0.3 is 0 Å². The van der Waals surface area contributed by atoms with E-state index in [1.54, 1.807) is 0 Å². The summed E-state index contributed by atoms with van der Waals surface area (Å²) < 4.78 is 12.5. The van der Waals surface area contributed by atoms with Gasteiger partial charge in [-0.15, -0.1) is 0 Å². The van der Waals surface area contributed by atoms with Crippen LogP contribution in [-0.2, 0) is 6.61 Å². The average Bonchev–Trinajstić information content (AvgIpc) is 3.32. The van der Waals surface area contributed by atoms with Gasteiger partial charge in [0, 0.05) is 24.7 Å². The van der Waals surface area contributed by atoms with Crippen LogP contribution in [0.4, 0.5) is 5.69 Å². The van der Waals surface area contributed by atoms with E-state index < -0.39 is 0 Å². The molecule has 4 rings (SSSR count). The Bertz CT molecular complexity index is 1020. The lowest BCUT2D eigenvalue weighted by atomic mass is 9.95. The van der Waals surface area contributed by atoms with Crippen molar-refractivity contribution in [2.24, 2.45) is 4.99 Å². The van der Waals surface area contributed by atoms with Gasteiger partial charge in [-0.3, -0.25) is 4.99 Å². The Balaban J connectivity index is 1.51. The van der Waals surface area contributed by atoms with Crippen LogP contribution in [0, 0.1) is 0 Å². The lowest BCUT2D eigenvalue weighted by Gasteiger charge is -2.24. The standard InChI is InChI=1S/C26H29N3O2/c1-2-21(17-29-16-15-28-19-29)23-7-3-4-8-24(23)31-26-10-6-5-9-25(26)30-18-20-11-13-22(27)14-12-20/h3-14,19,21H,2,15-18,27H2,1H3. The van der Waals surface area contributed by atoms with Crippen molar-refractivity contribution in [3.63, 3.8) is 0 Å².